The van der Waals surface area contributed by atoms with Crippen LogP contribution in [-0.4, -0.2) is 11.9 Å². The molecule has 19 heavy (non-hydrogen) atoms. The number of carbonyl (C=O) groups excluding carboxylic acids is 1. The molecule has 0 radical (unpaired) electrons. The van der Waals surface area contributed by atoms with E-state index in [9.17, 15) is 9.18 Å². The van der Waals surface area contributed by atoms with E-state index >= 15 is 0 Å². The normalized spacial score (nSPS) is 16.8. The maximum Gasteiger partial charge on any atom is 0.206 e. The van der Waals surface area contributed by atoms with Gasteiger partial charge in [0, 0.05) is 10.9 Å². The Balaban J connectivity index is 1.89. The summed E-state index contributed by atoms with van der Waals surface area (Å²) in [5.74, 6) is -0.140. The smallest absolute Gasteiger partial charge is 0.206 e. The number of rotatable bonds is 2. The van der Waals surface area contributed by atoms with Crippen molar-refractivity contribution in [3.63, 3.8) is 0 Å². The van der Waals surface area contributed by atoms with Gasteiger partial charge in [0.25, 0.3) is 0 Å². The monoisotopic (exact) mass is 320 g/mol. The Labute approximate surface area is 118 Å². The second-order valence-corrected chi connectivity index (χ2v) is 5.32. The van der Waals surface area contributed by atoms with Crippen molar-refractivity contribution >= 4 is 21.7 Å². The minimum absolute atomic E-state index is 0.0622. The van der Waals surface area contributed by atoms with E-state index in [-0.39, 0.29) is 11.3 Å². The average Bonchev–Trinajstić information content (AvgIpc) is 2.84. The minimum atomic E-state index is -0.638. The van der Waals surface area contributed by atoms with E-state index in [1.807, 2.05) is 24.3 Å². The van der Waals surface area contributed by atoms with Gasteiger partial charge in [-0.25, -0.2) is 4.39 Å². The maximum absolute atomic E-state index is 13.7. The van der Waals surface area contributed by atoms with Crippen LogP contribution in [-0.2, 0) is 6.42 Å². The molecule has 0 fully saturated rings. The third-order valence-electron chi connectivity index (χ3n) is 3.13. The largest absolute Gasteiger partial charge is 0.482 e. The van der Waals surface area contributed by atoms with E-state index < -0.39 is 11.9 Å². The van der Waals surface area contributed by atoms with Crippen LogP contribution < -0.4 is 4.74 Å². The number of carbonyl (C=O) groups is 1. The van der Waals surface area contributed by atoms with Crippen LogP contribution in [0, 0.1) is 5.82 Å². The highest BCUT2D eigenvalue weighted by molar-refractivity contribution is 9.10. The van der Waals surface area contributed by atoms with Gasteiger partial charge in [-0.1, -0.05) is 34.1 Å². The molecule has 1 unspecified atom stereocenters. The Kier molecular flexibility index (Phi) is 3.11. The van der Waals surface area contributed by atoms with Gasteiger partial charge in [0.15, 0.2) is 6.10 Å². The van der Waals surface area contributed by atoms with Crippen molar-refractivity contribution < 1.29 is 13.9 Å². The predicted molar refractivity (Wildman–Crippen MR) is 73.0 cm³/mol. The molecule has 2 aromatic carbocycles. The number of halogens is 2. The molecule has 2 aromatic rings. The van der Waals surface area contributed by atoms with Crippen molar-refractivity contribution in [2.24, 2.45) is 0 Å². The summed E-state index contributed by atoms with van der Waals surface area (Å²) >= 11 is 3.24. The number of fused-ring (bicyclic) bond motifs is 1. The molecule has 2 nitrogen and oxygen atoms in total. The second-order valence-electron chi connectivity index (χ2n) is 4.41. The Morgan fingerprint density at radius 2 is 2.05 bits per heavy atom. The first-order valence-corrected chi connectivity index (χ1v) is 6.68. The molecular formula is C15H10BrFO2. The third-order valence-corrected chi connectivity index (χ3v) is 3.63. The van der Waals surface area contributed by atoms with Gasteiger partial charge in [-0.15, -0.1) is 0 Å². The molecule has 4 heteroatoms. The fourth-order valence-electron chi connectivity index (χ4n) is 2.19. The van der Waals surface area contributed by atoms with Gasteiger partial charge in [0.2, 0.25) is 5.78 Å². The van der Waals surface area contributed by atoms with Crippen molar-refractivity contribution in [1.82, 2.24) is 0 Å². The van der Waals surface area contributed by atoms with Crippen LogP contribution in [0.15, 0.2) is 46.9 Å². The number of hydrogen-bond acceptors (Lipinski definition) is 2. The first kappa shape index (κ1) is 12.4. The van der Waals surface area contributed by atoms with E-state index in [4.69, 9.17) is 4.74 Å². The van der Waals surface area contributed by atoms with E-state index in [1.165, 1.54) is 12.1 Å². The summed E-state index contributed by atoms with van der Waals surface area (Å²) in [6.07, 6.45) is -0.151. The van der Waals surface area contributed by atoms with Gasteiger partial charge in [0.1, 0.15) is 11.6 Å². The van der Waals surface area contributed by atoms with E-state index in [1.54, 1.807) is 6.07 Å². The lowest BCUT2D eigenvalue weighted by Gasteiger charge is -2.10. The first-order valence-electron chi connectivity index (χ1n) is 5.89. The van der Waals surface area contributed by atoms with E-state index in [2.05, 4.69) is 15.9 Å². The zero-order valence-electron chi connectivity index (χ0n) is 9.90. The van der Waals surface area contributed by atoms with Gasteiger partial charge < -0.3 is 4.74 Å². The summed E-state index contributed by atoms with van der Waals surface area (Å²) in [5.41, 5.74) is 1.04. The van der Waals surface area contributed by atoms with Crippen molar-refractivity contribution in [3.05, 3.63) is 63.9 Å². The zero-order valence-corrected chi connectivity index (χ0v) is 11.5. The van der Waals surface area contributed by atoms with Crippen molar-refractivity contribution in [2.45, 2.75) is 12.5 Å². The van der Waals surface area contributed by atoms with E-state index in [0.29, 0.717) is 16.6 Å². The summed E-state index contributed by atoms with van der Waals surface area (Å²) in [6, 6.07) is 11.8. The van der Waals surface area contributed by atoms with Gasteiger partial charge in [-0.3, -0.25) is 4.79 Å². The standard InChI is InChI=1S/C15H10BrFO2/c16-10-5-6-12(17)11(8-10)15(18)14-7-9-3-1-2-4-13(9)19-14/h1-6,8,14H,7H2. The van der Waals surface area contributed by atoms with Crippen LogP contribution in [0.3, 0.4) is 0 Å². The first-order chi connectivity index (χ1) is 9.15. The molecule has 0 saturated carbocycles. The molecule has 0 bridgehead atoms. The number of ketones is 1. The highest BCUT2D eigenvalue weighted by atomic mass is 79.9. The Morgan fingerprint density at radius 1 is 1.26 bits per heavy atom. The third kappa shape index (κ3) is 2.28. The molecule has 96 valence electrons. The summed E-state index contributed by atoms with van der Waals surface area (Å²) < 4.78 is 20.0. The summed E-state index contributed by atoms with van der Waals surface area (Å²) in [6.45, 7) is 0. The lowest BCUT2D eigenvalue weighted by molar-refractivity contribution is 0.0820. The van der Waals surface area contributed by atoms with Gasteiger partial charge >= 0.3 is 0 Å². The lowest BCUT2D eigenvalue weighted by atomic mass is 10.0. The number of Topliss-reactive ketones (excluding diaryl/α,β-unsaturated/α-hetero) is 1. The van der Waals surface area contributed by atoms with Crippen LogP contribution in [0.25, 0.3) is 0 Å². The fraction of sp³-hybridized carbons (Fsp3) is 0.133. The number of hydrogen-bond donors (Lipinski definition) is 0. The summed E-state index contributed by atoms with van der Waals surface area (Å²) in [4.78, 5) is 12.3. The van der Waals surface area contributed by atoms with Crippen LogP contribution in [0.4, 0.5) is 4.39 Å². The van der Waals surface area contributed by atoms with Crippen molar-refractivity contribution in [1.29, 1.82) is 0 Å². The fourth-order valence-corrected chi connectivity index (χ4v) is 2.55. The lowest BCUT2D eigenvalue weighted by Crippen LogP contribution is -2.26. The second kappa shape index (κ2) is 4.78. The van der Waals surface area contributed by atoms with Crippen LogP contribution in [0.2, 0.25) is 0 Å². The van der Waals surface area contributed by atoms with Crippen molar-refractivity contribution in [3.8, 4) is 5.75 Å². The summed E-state index contributed by atoms with van der Waals surface area (Å²) in [7, 11) is 0. The van der Waals surface area contributed by atoms with Gasteiger partial charge in [0.05, 0.1) is 5.56 Å². The molecule has 1 aliphatic rings. The van der Waals surface area contributed by atoms with Gasteiger partial charge in [-0.05, 0) is 29.8 Å². The quantitative estimate of drug-likeness (QED) is 0.787. The molecule has 1 aliphatic heterocycles. The molecule has 3 rings (SSSR count). The molecule has 0 amide bonds. The van der Waals surface area contributed by atoms with Crippen LogP contribution >= 0.6 is 15.9 Å². The highest BCUT2D eigenvalue weighted by Crippen LogP contribution is 2.30. The molecule has 0 saturated heterocycles. The maximum atomic E-state index is 13.7. The average molecular weight is 321 g/mol. The molecule has 0 N–H and O–H groups in total. The molecule has 1 heterocycles. The molecule has 1 atom stereocenters. The Bertz CT molecular complexity index is 629. The molecule has 0 aliphatic carbocycles. The number of benzene rings is 2. The SMILES string of the molecule is O=C(c1cc(Br)ccc1F)C1Cc2ccccc2O1. The molecule has 0 aromatic heterocycles. The summed E-state index contributed by atoms with van der Waals surface area (Å²) in [5, 5.41) is 0. The van der Waals surface area contributed by atoms with Gasteiger partial charge in [-0.2, -0.15) is 0 Å². The van der Waals surface area contributed by atoms with Crippen LogP contribution in [0.1, 0.15) is 15.9 Å². The van der Waals surface area contributed by atoms with Crippen molar-refractivity contribution in [2.75, 3.05) is 0 Å². The topological polar surface area (TPSA) is 26.3 Å². The minimum Gasteiger partial charge on any atom is -0.482 e. The predicted octanol–water partition coefficient (Wildman–Crippen LogP) is 3.77. The Hall–Kier alpha value is -1.68. The number of ether oxygens (including phenoxy) is 1. The highest BCUT2D eigenvalue weighted by Gasteiger charge is 2.31. The Morgan fingerprint density at radius 3 is 2.84 bits per heavy atom. The molecule has 0 spiro atoms. The molecular weight excluding hydrogens is 311 g/mol. The van der Waals surface area contributed by atoms with Crippen LogP contribution in [0.5, 0.6) is 5.75 Å². The zero-order chi connectivity index (χ0) is 13.4. The van der Waals surface area contributed by atoms with E-state index in [0.717, 1.165) is 5.56 Å². The number of para-hydroxylation sites is 1.